The Morgan fingerprint density at radius 1 is 1.52 bits per heavy atom. The fourth-order valence-corrected chi connectivity index (χ4v) is 4.46. The van der Waals surface area contributed by atoms with E-state index in [1.807, 2.05) is 13.8 Å². The molecule has 0 bridgehead atoms. The van der Waals surface area contributed by atoms with Crippen LogP contribution in [0.5, 0.6) is 0 Å². The Kier molecular flexibility index (Phi) is 5.48. The van der Waals surface area contributed by atoms with E-state index in [-0.39, 0.29) is 15.6 Å². The Morgan fingerprint density at radius 3 is 2.81 bits per heavy atom. The van der Waals surface area contributed by atoms with Gasteiger partial charge in [0.25, 0.3) is 0 Å². The van der Waals surface area contributed by atoms with Gasteiger partial charge in [0.15, 0.2) is 4.67 Å². The van der Waals surface area contributed by atoms with Gasteiger partial charge >= 0.3 is 0 Å². The number of hydrogen-bond acceptors (Lipinski definition) is 5. The van der Waals surface area contributed by atoms with E-state index in [2.05, 4.69) is 21.2 Å². The molecule has 1 N–H and O–H groups in total. The maximum atomic E-state index is 12.7. The number of rotatable bonds is 6. The predicted molar refractivity (Wildman–Crippen MR) is 82.6 cm³/mol. The molecule has 0 aromatic carbocycles. The van der Waals surface area contributed by atoms with Gasteiger partial charge in [-0.15, -0.1) is 0 Å². The molecule has 1 aromatic rings. The van der Waals surface area contributed by atoms with Crippen molar-refractivity contribution in [3.63, 3.8) is 0 Å². The number of nitrogens with one attached hydrogen (secondary N) is 1. The van der Waals surface area contributed by atoms with Crippen LogP contribution in [0, 0.1) is 0 Å². The highest BCUT2D eigenvalue weighted by atomic mass is 79.9. The summed E-state index contributed by atoms with van der Waals surface area (Å²) in [5.41, 5.74) is 0. The first-order valence-electron chi connectivity index (χ1n) is 6.89. The van der Waals surface area contributed by atoms with E-state index >= 15 is 0 Å². The fourth-order valence-electron chi connectivity index (χ4n) is 2.13. The van der Waals surface area contributed by atoms with E-state index in [4.69, 9.17) is 9.15 Å². The molecule has 8 heteroatoms. The Balaban J connectivity index is 2.19. The van der Waals surface area contributed by atoms with Crippen LogP contribution in [-0.4, -0.2) is 45.1 Å². The molecule has 1 aliphatic heterocycles. The Bertz CT molecular complexity index is 579. The van der Waals surface area contributed by atoms with Gasteiger partial charge in [0.2, 0.25) is 10.0 Å². The van der Waals surface area contributed by atoms with Crippen molar-refractivity contribution < 1.29 is 17.6 Å². The molecular formula is C13H21BrN2O4S. The molecule has 0 amide bonds. The van der Waals surface area contributed by atoms with Gasteiger partial charge in [-0.1, -0.05) is 13.8 Å². The number of hydrogen-bond donors (Lipinski definition) is 1. The average molecular weight is 381 g/mol. The van der Waals surface area contributed by atoms with Crippen molar-refractivity contribution in [1.82, 2.24) is 9.62 Å². The summed E-state index contributed by atoms with van der Waals surface area (Å²) in [4.78, 5) is 0.164. The van der Waals surface area contributed by atoms with E-state index in [0.29, 0.717) is 38.0 Å². The summed E-state index contributed by atoms with van der Waals surface area (Å²) in [5, 5.41) is 3.20. The lowest BCUT2D eigenvalue weighted by molar-refractivity contribution is 0.181. The van der Waals surface area contributed by atoms with Crippen molar-refractivity contribution in [2.24, 2.45) is 0 Å². The number of furan rings is 1. The van der Waals surface area contributed by atoms with Crippen molar-refractivity contribution in [1.29, 1.82) is 0 Å². The molecule has 0 spiro atoms. The lowest BCUT2D eigenvalue weighted by Crippen LogP contribution is -2.37. The molecule has 1 atom stereocenters. The first-order chi connectivity index (χ1) is 9.82. The molecule has 1 fully saturated rings. The van der Waals surface area contributed by atoms with E-state index < -0.39 is 10.0 Å². The molecular weight excluding hydrogens is 360 g/mol. The molecule has 1 saturated heterocycles. The van der Waals surface area contributed by atoms with Crippen LogP contribution in [0.2, 0.25) is 0 Å². The third-order valence-corrected chi connectivity index (χ3v) is 6.23. The third kappa shape index (κ3) is 3.87. The standard InChI is InChI=1S/C13H21BrN2O4S/c1-9(2)15-7-11-6-12(13(14)20-11)21(17,18)16(3)10-4-5-19-8-10/h6,9-10,15H,4-5,7-8H2,1-3H3. The summed E-state index contributed by atoms with van der Waals surface area (Å²) in [5.74, 6) is 0.588. The van der Waals surface area contributed by atoms with Crippen LogP contribution in [0.1, 0.15) is 26.0 Å². The summed E-state index contributed by atoms with van der Waals surface area (Å²) in [6, 6.07) is 1.75. The van der Waals surface area contributed by atoms with Gasteiger partial charge in [0, 0.05) is 25.8 Å². The zero-order chi connectivity index (χ0) is 15.6. The average Bonchev–Trinajstić information content (AvgIpc) is 3.04. The number of nitrogens with zero attached hydrogens (tertiary/aromatic N) is 1. The van der Waals surface area contributed by atoms with Gasteiger partial charge in [0.05, 0.1) is 19.2 Å². The molecule has 120 valence electrons. The van der Waals surface area contributed by atoms with Gasteiger partial charge in [0.1, 0.15) is 10.7 Å². The maximum absolute atomic E-state index is 12.7. The molecule has 2 rings (SSSR count). The molecule has 21 heavy (non-hydrogen) atoms. The van der Waals surface area contributed by atoms with Crippen LogP contribution in [0.25, 0.3) is 0 Å². The summed E-state index contributed by atoms with van der Waals surface area (Å²) >= 11 is 3.21. The van der Waals surface area contributed by atoms with Crippen LogP contribution in [0.4, 0.5) is 0 Å². The zero-order valence-corrected chi connectivity index (χ0v) is 14.8. The third-order valence-electron chi connectivity index (χ3n) is 3.47. The van der Waals surface area contributed by atoms with Crippen molar-refractivity contribution in [3.05, 3.63) is 16.5 Å². The van der Waals surface area contributed by atoms with Crippen molar-refractivity contribution in [2.75, 3.05) is 20.3 Å². The summed E-state index contributed by atoms with van der Waals surface area (Å²) in [6.07, 6.45) is 0.715. The minimum absolute atomic E-state index is 0.117. The van der Waals surface area contributed by atoms with E-state index in [0.717, 1.165) is 0 Å². The molecule has 2 heterocycles. The number of halogens is 1. The zero-order valence-electron chi connectivity index (χ0n) is 12.4. The lowest BCUT2D eigenvalue weighted by atomic mass is 10.3. The monoisotopic (exact) mass is 380 g/mol. The quantitative estimate of drug-likeness (QED) is 0.816. The van der Waals surface area contributed by atoms with Crippen molar-refractivity contribution >= 4 is 26.0 Å². The smallest absolute Gasteiger partial charge is 0.247 e. The van der Waals surface area contributed by atoms with E-state index in [9.17, 15) is 8.42 Å². The van der Waals surface area contributed by atoms with Crippen LogP contribution >= 0.6 is 15.9 Å². The molecule has 1 unspecified atom stereocenters. The van der Waals surface area contributed by atoms with E-state index in [1.165, 1.54) is 4.31 Å². The van der Waals surface area contributed by atoms with E-state index in [1.54, 1.807) is 13.1 Å². The lowest BCUT2D eigenvalue weighted by Gasteiger charge is -2.21. The second-order valence-corrected chi connectivity index (χ2v) is 8.11. The normalized spacial score (nSPS) is 19.8. The second-order valence-electron chi connectivity index (χ2n) is 5.42. The number of likely N-dealkylation sites (N-methyl/N-ethyl adjacent to an activating group) is 1. The first kappa shape index (κ1) is 17.0. The van der Waals surface area contributed by atoms with Crippen molar-refractivity contribution in [2.45, 2.75) is 43.8 Å². The molecule has 0 saturated carbocycles. The minimum Gasteiger partial charge on any atom is -0.452 e. The Hall–Kier alpha value is -0.410. The van der Waals surface area contributed by atoms with Crippen LogP contribution < -0.4 is 5.32 Å². The highest BCUT2D eigenvalue weighted by molar-refractivity contribution is 9.10. The van der Waals surface area contributed by atoms with Gasteiger partial charge in [-0.3, -0.25) is 0 Å². The maximum Gasteiger partial charge on any atom is 0.247 e. The fraction of sp³-hybridized carbons (Fsp3) is 0.692. The minimum atomic E-state index is -3.59. The Morgan fingerprint density at radius 2 is 2.24 bits per heavy atom. The second kappa shape index (κ2) is 6.78. The van der Waals surface area contributed by atoms with Crippen LogP contribution in [-0.2, 0) is 21.3 Å². The predicted octanol–water partition coefficient (Wildman–Crippen LogP) is 1.95. The summed E-state index contributed by atoms with van der Waals surface area (Å²) in [6.45, 7) is 5.56. The van der Waals surface area contributed by atoms with Gasteiger partial charge in [-0.25, -0.2) is 8.42 Å². The molecule has 1 aliphatic rings. The number of ether oxygens (including phenoxy) is 1. The highest BCUT2D eigenvalue weighted by Crippen LogP contribution is 2.30. The van der Waals surface area contributed by atoms with Crippen LogP contribution in [0.15, 0.2) is 20.0 Å². The first-order valence-corrected chi connectivity index (χ1v) is 9.13. The molecule has 1 aromatic heterocycles. The van der Waals surface area contributed by atoms with Crippen LogP contribution in [0.3, 0.4) is 0 Å². The molecule has 6 nitrogen and oxygen atoms in total. The van der Waals surface area contributed by atoms with Crippen molar-refractivity contribution in [3.8, 4) is 0 Å². The SMILES string of the molecule is CC(C)NCc1cc(S(=O)(=O)N(C)C2CCOC2)c(Br)o1. The molecule has 0 radical (unpaired) electrons. The van der Waals surface area contributed by atoms with Gasteiger partial charge < -0.3 is 14.5 Å². The molecule has 0 aliphatic carbocycles. The van der Waals surface area contributed by atoms with Gasteiger partial charge in [-0.2, -0.15) is 4.31 Å². The highest BCUT2D eigenvalue weighted by Gasteiger charge is 2.33. The number of sulfonamides is 1. The largest absolute Gasteiger partial charge is 0.452 e. The topological polar surface area (TPSA) is 71.8 Å². The summed E-state index contributed by atoms with van der Waals surface area (Å²) in [7, 11) is -2.00. The van der Waals surface area contributed by atoms with Gasteiger partial charge in [-0.05, 0) is 22.4 Å². The Labute approximate surface area is 134 Å². The summed E-state index contributed by atoms with van der Waals surface area (Å²) < 4.78 is 37.7.